The van der Waals surface area contributed by atoms with Gasteiger partial charge in [-0.15, -0.1) is 34.8 Å². The Morgan fingerprint density at radius 3 is 1.85 bits per heavy atom. The van der Waals surface area contributed by atoms with E-state index in [-0.39, 0.29) is 29.6 Å². The molecule has 0 aliphatic rings. The molecule has 0 saturated carbocycles. The van der Waals surface area contributed by atoms with Crippen molar-refractivity contribution in [1.82, 2.24) is 0 Å². The molecule has 0 rings (SSSR count). The van der Waals surface area contributed by atoms with Gasteiger partial charge in [-0.05, 0) is 6.42 Å². The summed E-state index contributed by atoms with van der Waals surface area (Å²) in [6.45, 7) is 3.41. The molecule has 0 saturated heterocycles. The molecule has 2 nitrogen and oxygen atoms in total. The average Bonchev–Trinajstić information content (AvgIpc) is 2.14. The molecule has 0 aliphatic carbocycles. The van der Waals surface area contributed by atoms with E-state index in [1.165, 1.54) is 0 Å². The second-order valence-corrected chi connectivity index (χ2v) is 3.79. The highest BCUT2D eigenvalue weighted by Crippen LogP contribution is 2.30. The number of carboxylic acids is 1. The van der Waals surface area contributed by atoms with Crippen LogP contribution in [-0.4, -0.2) is 28.7 Å². The maximum absolute atomic E-state index is 10.5. The molecule has 0 amide bonds. The van der Waals surface area contributed by atoms with Crippen molar-refractivity contribution in [3.8, 4) is 0 Å². The Hall–Kier alpha value is 0.0800. The molecule has 0 atom stereocenters. The van der Waals surface area contributed by atoms with Gasteiger partial charge in [0.15, 0.2) is 0 Å². The summed E-state index contributed by atoms with van der Waals surface area (Å²) in [6, 6.07) is 0. The first-order chi connectivity index (χ1) is 6.01. The van der Waals surface area contributed by atoms with Gasteiger partial charge in [0.25, 0.3) is 0 Å². The minimum absolute atomic E-state index is 0.0851. The van der Waals surface area contributed by atoms with E-state index in [0.717, 1.165) is 0 Å². The number of carbonyl (C=O) groups is 1. The molecular weight excluding hydrogens is 234 g/mol. The van der Waals surface area contributed by atoms with Crippen molar-refractivity contribution in [3.63, 3.8) is 0 Å². The number of hydrogen-bond donors (Lipinski definition) is 1. The largest absolute Gasteiger partial charge is 0.478 e. The van der Waals surface area contributed by atoms with Crippen LogP contribution in [0.2, 0.25) is 0 Å². The molecule has 0 fully saturated rings. The Labute approximate surface area is 92.5 Å². The molecular formula is C8H11Cl3O2. The Kier molecular flexibility index (Phi) is 5.77. The summed E-state index contributed by atoms with van der Waals surface area (Å²) in [4.78, 5) is 10.5. The maximum atomic E-state index is 10.5. The predicted molar refractivity (Wildman–Crippen MR) is 56.0 cm³/mol. The normalized spacial score (nSPS) is 11.3. The van der Waals surface area contributed by atoms with Crippen LogP contribution in [0.1, 0.15) is 6.42 Å². The Morgan fingerprint density at radius 1 is 1.23 bits per heavy atom. The van der Waals surface area contributed by atoms with Crippen molar-refractivity contribution in [2.24, 2.45) is 5.41 Å². The molecule has 1 N–H and O–H groups in total. The molecule has 0 radical (unpaired) electrons. The molecule has 0 aromatic rings. The van der Waals surface area contributed by atoms with Gasteiger partial charge >= 0.3 is 5.97 Å². The van der Waals surface area contributed by atoms with Gasteiger partial charge in [-0.3, -0.25) is 0 Å². The van der Waals surface area contributed by atoms with Gasteiger partial charge in [-0.1, -0.05) is 6.58 Å². The molecule has 5 heteroatoms. The number of alkyl halides is 3. The summed E-state index contributed by atoms with van der Waals surface area (Å²) >= 11 is 17.0. The van der Waals surface area contributed by atoms with Gasteiger partial charge < -0.3 is 5.11 Å². The third-order valence-corrected chi connectivity index (χ3v) is 3.44. The van der Waals surface area contributed by atoms with Crippen molar-refractivity contribution in [2.45, 2.75) is 6.42 Å². The van der Waals surface area contributed by atoms with E-state index in [0.29, 0.717) is 0 Å². The fourth-order valence-corrected chi connectivity index (χ4v) is 1.92. The van der Waals surface area contributed by atoms with Crippen LogP contribution in [-0.2, 0) is 4.79 Å². The molecule has 0 aliphatic heterocycles. The molecule has 0 aromatic heterocycles. The zero-order valence-corrected chi connectivity index (χ0v) is 9.29. The average molecular weight is 246 g/mol. The third kappa shape index (κ3) is 3.75. The summed E-state index contributed by atoms with van der Waals surface area (Å²) in [6.07, 6.45) is 0.221. The van der Waals surface area contributed by atoms with Crippen LogP contribution >= 0.6 is 34.8 Å². The smallest absolute Gasteiger partial charge is 0.330 e. The van der Waals surface area contributed by atoms with Gasteiger partial charge in [-0.2, -0.15) is 0 Å². The maximum Gasteiger partial charge on any atom is 0.330 e. The van der Waals surface area contributed by atoms with Crippen LogP contribution in [0.4, 0.5) is 0 Å². The highest BCUT2D eigenvalue weighted by Gasteiger charge is 2.29. The highest BCUT2D eigenvalue weighted by atomic mass is 35.5. The first kappa shape index (κ1) is 13.1. The summed E-state index contributed by atoms with van der Waals surface area (Å²) in [5, 5.41) is 8.60. The van der Waals surface area contributed by atoms with E-state index in [9.17, 15) is 4.79 Å². The van der Waals surface area contributed by atoms with E-state index in [4.69, 9.17) is 39.9 Å². The van der Waals surface area contributed by atoms with E-state index in [2.05, 4.69) is 6.58 Å². The first-order valence-electron chi connectivity index (χ1n) is 3.60. The summed E-state index contributed by atoms with van der Waals surface area (Å²) in [7, 11) is 0. The van der Waals surface area contributed by atoms with E-state index in [1.54, 1.807) is 0 Å². The Balaban J connectivity index is 4.42. The molecule has 0 unspecified atom stereocenters. The minimum atomic E-state index is -1.04. The number of aliphatic carboxylic acids is 1. The summed E-state index contributed by atoms with van der Waals surface area (Å²) < 4.78 is 0. The van der Waals surface area contributed by atoms with E-state index >= 15 is 0 Å². The fraction of sp³-hybridized carbons (Fsp3) is 0.625. The van der Waals surface area contributed by atoms with Crippen molar-refractivity contribution >= 4 is 40.8 Å². The van der Waals surface area contributed by atoms with Gasteiger partial charge in [-0.25, -0.2) is 4.79 Å². The highest BCUT2D eigenvalue weighted by molar-refractivity contribution is 6.24. The van der Waals surface area contributed by atoms with Crippen LogP contribution in [0, 0.1) is 5.41 Å². The topological polar surface area (TPSA) is 37.3 Å². The quantitative estimate of drug-likeness (QED) is 0.577. The van der Waals surface area contributed by atoms with E-state index in [1.807, 2.05) is 0 Å². The van der Waals surface area contributed by atoms with Gasteiger partial charge in [0.2, 0.25) is 0 Å². The molecule has 76 valence electrons. The Bertz CT molecular complexity index is 191. The van der Waals surface area contributed by atoms with Crippen LogP contribution in [0.25, 0.3) is 0 Å². The lowest BCUT2D eigenvalue weighted by Gasteiger charge is -2.26. The van der Waals surface area contributed by atoms with Crippen LogP contribution in [0.3, 0.4) is 0 Å². The van der Waals surface area contributed by atoms with Crippen molar-refractivity contribution in [2.75, 3.05) is 17.6 Å². The lowest BCUT2D eigenvalue weighted by Crippen LogP contribution is -2.29. The second kappa shape index (κ2) is 5.74. The summed E-state index contributed by atoms with van der Waals surface area (Å²) in [5.74, 6) is -0.352. The van der Waals surface area contributed by atoms with Crippen LogP contribution in [0.5, 0.6) is 0 Å². The van der Waals surface area contributed by atoms with Gasteiger partial charge in [0.1, 0.15) is 0 Å². The SMILES string of the molecule is C=C(CC(CCl)(CCl)CCl)C(=O)O. The number of rotatable bonds is 6. The van der Waals surface area contributed by atoms with Crippen molar-refractivity contribution in [1.29, 1.82) is 0 Å². The summed E-state index contributed by atoms with van der Waals surface area (Å²) in [5.41, 5.74) is -0.470. The number of carboxylic acid groups (broad SMARTS) is 1. The first-order valence-corrected chi connectivity index (χ1v) is 5.20. The Morgan fingerprint density at radius 2 is 1.62 bits per heavy atom. The molecule has 0 aromatic carbocycles. The molecule has 0 heterocycles. The van der Waals surface area contributed by atoms with E-state index < -0.39 is 11.4 Å². The third-order valence-electron chi connectivity index (χ3n) is 1.74. The van der Waals surface area contributed by atoms with Crippen molar-refractivity contribution < 1.29 is 9.90 Å². The van der Waals surface area contributed by atoms with Crippen molar-refractivity contribution in [3.05, 3.63) is 12.2 Å². The lowest BCUT2D eigenvalue weighted by molar-refractivity contribution is -0.133. The molecule has 0 bridgehead atoms. The van der Waals surface area contributed by atoms with Crippen LogP contribution < -0.4 is 0 Å². The van der Waals surface area contributed by atoms with Crippen LogP contribution in [0.15, 0.2) is 12.2 Å². The second-order valence-electron chi connectivity index (χ2n) is 2.99. The molecule has 13 heavy (non-hydrogen) atoms. The van der Waals surface area contributed by atoms with Gasteiger partial charge in [0.05, 0.1) is 0 Å². The zero-order valence-electron chi connectivity index (χ0n) is 7.02. The standard InChI is InChI=1S/C8H11Cl3O2/c1-6(7(12)13)2-8(3-9,4-10)5-11/h1-5H2,(H,12,13). The molecule has 0 spiro atoms. The minimum Gasteiger partial charge on any atom is -0.478 e. The number of halogens is 3. The number of hydrogen-bond acceptors (Lipinski definition) is 1. The zero-order chi connectivity index (χ0) is 10.5. The predicted octanol–water partition coefficient (Wildman–Crippen LogP) is 2.72. The monoisotopic (exact) mass is 244 g/mol. The lowest BCUT2D eigenvalue weighted by atomic mass is 9.87. The fourth-order valence-electron chi connectivity index (χ4n) is 0.777. The van der Waals surface area contributed by atoms with Gasteiger partial charge in [0, 0.05) is 28.6 Å².